The van der Waals surface area contributed by atoms with E-state index in [0.717, 1.165) is 27.5 Å². The molecule has 3 aliphatic rings. The molecule has 2 spiro atoms. The van der Waals surface area contributed by atoms with Crippen molar-refractivity contribution in [3.8, 4) is 56.4 Å². The highest BCUT2D eigenvalue weighted by Gasteiger charge is 2.59. The Bertz CT molecular complexity index is 3970. The van der Waals surface area contributed by atoms with Crippen LogP contribution in [0.1, 0.15) is 44.5 Å². The molecular formula is C63H37N3S. The largest absolute Gasteiger partial charge is 0.208 e. The summed E-state index contributed by atoms with van der Waals surface area (Å²) in [6.45, 7) is 0. The lowest BCUT2D eigenvalue weighted by Gasteiger charge is -2.49. The summed E-state index contributed by atoms with van der Waals surface area (Å²) in [5.74, 6) is 1.95. The van der Waals surface area contributed by atoms with Gasteiger partial charge in [-0.1, -0.05) is 212 Å². The number of rotatable bonds is 3. The lowest BCUT2D eigenvalue weighted by molar-refractivity contribution is 0.636. The molecule has 2 heterocycles. The average Bonchev–Trinajstić information content (AvgIpc) is 4.03. The van der Waals surface area contributed by atoms with E-state index >= 15 is 0 Å². The maximum Gasteiger partial charge on any atom is 0.164 e. The van der Waals surface area contributed by atoms with Gasteiger partial charge in [0.05, 0.1) is 10.8 Å². The molecule has 0 saturated heterocycles. The summed E-state index contributed by atoms with van der Waals surface area (Å²) in [4.78, 5) is 15.8. The standard InChI is InChI=1S/C63H37N3S/c1-2-18-39(19-3-1)59-64-60(66-61(65-59)47-25-16-20-38-17-4-5-21-41(38)47)40-33-36-51-48(37-40)45-34-35-46-44-24-8-15-32-56(44)67-58(46)57(45)63(51)54-30-13-11-28-52(54)62(53-29-12-14-31-55(53)63)49-26-9-6-22-42(49)43-23-7-10-27-50(43)62/h1-37H. The monoisotopic (exact) mass is 867 g/mol. The van der Waals surface area contributed by atoms with Crippen LogP contribution in [0, 0.1) is 0 Å². The van der Waals surface area contributed by atoms with Crippen LogP contribution in [0.3, 0.4) is 0 Å². The molecule has 0 saturated carbocycles. The summed E-state index contributed by atoms with van der Waals surface area (Å²) in [6, 6.07) is 82.8. The normalized spacial score (nSPS) is 14.2. The molecule has 2 aromatic heterocycles. The second kappa shape index (κ2) is 13.6. The summed E-state index contributed by atoms with van der Waals surface area (Å²) < 4.78 is 2.62. The van der Waals surface area contributed by atoms with Gasteiger partial charge in [0.2, 0.25) is 0 Å². The van der Waals surface area contributed by atoms with E-state index < -0.39 is 10.8 Å². The van der Waals surface area contributed by atoms with E-state index in [0.29, 0.717) is 17.5 Å². The molecule has 4 heteroatoms. The fourth-order valence-corrected chi connectivity index (χ4v) is 13.8. The van der Waals surface area contributed by atoms with Crippen LogP contribution in [0.15, 0.2) is 224 Å². The van der Waals surface area contributed by atoms with Gasteiger partial charge in [0, 0.05) is 36.9 Å². The van der Waals surface area contributed by atoms with E-state index in [4.69, 9.17) is 15.0 Å². The molecule has 0 unspecified atom stereocenters. The molecule has 3 nitrogen and oxygen atoms in total. The van der Waals surface area contributed by atoms with Crippen molar-refractivity contribution in [3.05, 3.63) is 269 Å². The molecule has 0 N–H and O–H groups in total. The molecule has 310 valence electrons. The van der Waals surface area contributed by atoms with E-state index in [1.165, 1.54) is 86.9 Å². The summed E-state index contributed by atoms with van der Waals surface area (Å²) >= 11 is 1.92. The zero-order chi connectivity index (χ0) is 43.8. The summed E-state index contributed by atoms with van der Waals surface area (Å²) in [6.07, 6.45) is 0. The minimum absolute atomic E-state index is 0.515. The molecule has 15 rings (SSSR count). The highest BCUT2D eigenvalue weighted by molar-refractivity contribution is 7.26. The van der Waals surface area contributed by atoms with Gasteiger partial charge in [-0.15, -0.1) is 11.3 Å². The predicted octanol–water partition coefficient (Wildman–Crippen LogP) is 15.4. The van der Waals surface area contributed by atoms with E-state index in [9.17, 15) is 0 Å². The van der Waals surface area contributed by atoms with Crippen LogP contribution in [-0.4, -0.2) is 15.0 Å². The third kappa shape index (κ3) is 4.77. The first-order valence-electron chi connectivity index (χ1n) is 23.0. The second-order valence-corrected chi connectivity index (χ2v) is 19.2. The van der Waals surface area contributed by atoms with Gasteiger partial charge in [0.15, 0.2) is 17.5 Å². The summed E-state index contributed by atoms with van der Waals surface area (Å²) in [5.41, 5.74) is 17.4. The molecule has 3 aliphatic carbocycles. The van der Waals surface area contributed by atoms with Crippen LogP contribution >= 0.6 is 11.3 Å². The topological polar surface area (TPSA) is 38.7 Å². The number of hydrogen-bond acceptors (Lipinski definition) is 4. The zero-order valence-electron chi connectivity index (χ0n) is 36.1. The molecular weight excluding hydrogens is 831 g/mol. The van der Waals surface area contributed by atoms with Crippen LogP contribution in [0.2, 0.25) is 0 Å². The number of thiophene rings is 1. The van der Waals surface area contributed by atoms with Crippen LogP contribution in [0.5, 0.6) is 0 Å². The first-order chi connectivity index (χ1) is 33.2. The Balaban J connectivity index is 1.05. The maximum absolute atomic E-state index is 5.36. The van der Waals surface area contributed by atoms with Crippen molar-refractivity contribution in [2.75, 3.05) is 0 Å². The highest BCUT2D eigenvalue weighted by Crippen LogP contribution is 2.68. The minimum atomic E-state index is -0.642. The number of aromatic nitrogens is 3. The van der Waals surface area contributed by atoms with Gasteiger partial charge >= 0.3 is 0 Å². The third-order valence-corrected chi connectivity index (χ3v) is 16.2. The Morgan fingerprint density at radius 3 is 1.54 bits per heavy atom. The van der Waals surface area contributed by atoms with Crippen molar-refractivity contribution in [2.45, 2.75) is 10.8 Å². The average molecular weight is 868 g/mol. The van der Waals surface area contributed by atoms with Gasteiger partial charge in [-0.3, -0.25) is 0 Å². The molecule has 67 heavy (non-hydrogen) atoms. The fraction of sp³-hybridized carbons (Fsp3) is 0.0317. The van der Waals surface area contributed by atoms with Crippen molar-refractivity contribution in [1.29, 1.82) is 0 Å². The van der Waals surface area contributed by atoms with Crippen molar-refractivity contribution in [2.24, 2.45) is 0 Å². The van der Waals surface area contributed by atoms with E-state index in [1.54, 1.807) is 0 Å². The number of fused-ring (bicyclic) bond motifs is 21. The maximum atomic E-state index is 5.36. The molecule has 0 bridgehead atoms. The number of benzene rings is 10. The van der Waals surface area contributed by atoms with Gasteiger partial charge in [-0.2, -0.15) is 0 Å². The van der Waals surface area contributed by atoms with Crippen LogP contribution < -0.4 is 0 Å². The number of nitrogens with zero attached hydrogens (tertiary/aromatic N) is 3. The SMILES string of the molecule is c1ccc(-c2nc(-c3ccc4c(c3)-c3ccc5c(sc6ccccc65)c3C43c4ccccc4C4(c5ccccc5-c5ccccc54)c4ccccc43)nc(-c3cccc4ccccc34)n2)cc1. The molecule has 12 aromatic rings. The van der Waals surface area contributed by atoms with E-state index in [-0.39, 0.29) is 0 Å². The molecule has 0 fully saturated rings. The molecule has 0 amide bonds. The smallest absolute Gasteiger partial charge is 0.164 e. The first kappa shape index (κ1) is 37.0. The van der Waals surface area contributed by atoms with Gasteiger partial charge in [0.25, 0.3) is 0 Å². The Kier molecular flexibility index (Phi) is 7.51. The van der Waals surface area contributed by atoms with Crippen LogP contribution in [0.4, 0.5) is 0 Å². The Labute approximate surface area is 391 Å². The highest BCUT2D eigenvalue weighted by atomic mass is 32.1. The Hall–Kier alpha value is -8.31. The molecule has 0 aliphatic heterocycles. The van der Waals surface area contributed by atoms with E-state index in [2.05, 4.69) is 206 Å². The number of hydrogen-bond donors (Lipinski definition) is 0. The minimum Gasteiger partial charge on any atom is -0.208 e. The second-order valence-electron chi connectivity index (χ2n) is 18.1. The van der Waals surface area contributed by atoms with Crippen molar-refractivity contribution >= 4 is 42.3 Å². The molecule has 0 radical (unpaired) electrons. The zero-order valence-corrected chi connectivity index (χ0v) is 36.9. The Morgan fingerprint density at radius 1 is 0.299 bits per heavy atom. The van der Waals surface area contributed by atoms with Gasteiger partial charge in [-0.25, -0.2) is 15.0 Å². The van der Waals surface area contributed by atoms with Gasteiger partial charge in [0.1, 0.15) is 0 Å². The lowest BCUT2D eigenvalue weighted by Crippen LogP contribution is -2.43. The van der Waals surface area contributed by atoms with Gasteiger partial charge in [-0.05, 0) is 89.7 Å². The van der Waals surface area contributed by atoms with Crippen LogP contribution in [0.25, 0.3) is 87.4 Å². The summed E-state index contributed by atoms with van der Waals surface area (Å²) in [5, 5.41) is 4.85. The Morgan fingerprint density at radius 2 is 0.821 bits per heavy atom. The fourth-order valence-electron chi connectivity index (χ4n) is 12.5. The first-order valence-corrected chi connectivity index (χ1v) is 23.8. The van der Waals surface area contributed by atoms with Crippen LogP contribution in [-0.2, 0) is 10.8 Å². The third-order valence-electron chi connectivity index (χ3n) is 15.0. The van der Waals surface area contributed by atoms with Crippen molar-refractivity contribution in [3.63, 3.8) is 0 Å². The molecule has 0 atom stereocenters. The lowest BCUT2D eigenvalue weighted by atomic mass is 9.52. The van der Waals surface area contributed by atoms with Crippen molar-refractivity contribution in [1.82, 2.24) is 15.0 Å². The quantitative estimate of drug-likeness (QED) is 0.178. The van der Waals surface area contributed by atoms with Crippen molar-refractivity contribution < 1.29 is 0 Å². The van der Waals surface area contributed by atoms with E-state index in [1.807, 2.05) is 29.5 Å². The molecule has 10 aromatic carbocycles. The van der Waals surface area contributed by atoms with Gasteiger partial charge < -0.3 is 0 Å². The summed E-state index contributed by atoms with van der Waals surface area (Å²) in [7, 11) is 0. The predicted molar refractivity (Wildman–Crippen MR) is 275 cm³/mol.